The summed E-state index contributed by atoms with van der Waals surface area (Å²) in [5.41, 5.74) is 2.93. The first-order valence-electron chi connectivity index (χ1n) is 14.2. The van der Waals surface area contributed by atoms with Gasteiger partial charge in [0, 0.05) is 59.7 Å². The molecule has 38 heavy (non-hydrogen) atoms. The van der Waals surface area contributed by atoms with E-state index < -0.39 is 0 Å². The zero-order chi connectivity index (χ0) is 26.1. The van der Waals surface area contributed by atoms with Gasteiger partial charge in [-0.05, 0) is 57.2 Å². The Hall–Kier alpha value is -3.44. The SMILES string of the molecule is CCC1(C#Cc2ccc3nc(C(=O)N4CCN[C@H](C)C4)nc(Nc4cc(C5CC5)[nH]n4)c3c2)CCCCC1. The minimum Gasteiger partial charge on any atom is -0.333 e. The molecule has 0 radical (unpaired) electrons. The minimum absolute atomic E-state index is 0.121. The van der Waals surface area contributed by atoms with Crippen LogP contribution in [0.1, 0.15) is 93.0 Å². The summed E-state index contributed by atoms with van der Waals surface area (Å²) in [6.07, 6.45) is 9.67. The van der Waals surface area contributed by atoms with E-state index in [0.29, 0.717) is 30.6 Å². The van der Waals surface area contributed by atoms with E-state index in [-0.39, 0.29) is 23.2 Å². The van der Waals surface area contributed by atoms with Gasteiger partial charge in [-0.3, -0.25) is 9.89 Å². The first-order chi connectivity index (χ1) is 18.5. The molecule has 0 spiro atoms. The minimum atomic E-state index is -0.143. The maximum atomic E-state index is 13.4. The van der Waals surface area contributed by atoms with Crippen molar-refractivity contribution in [2.75, 3.05) is 25.0 Å². The number of anilines is 2. The van der Waals surface area contributed by atoms with Gasteiger partial charge in [-0.15, -0.1) is 0 Å². The van der Waals surface area contributed by atoms with Crippen LogP contribution in [0.2, 0.25) is 0 Å². The molecule has 8 nitrogen and oxygen atoms in total. The van der Waals surface area contributed by atoms with Crippen LogP contribution in [-0.4, -0.2) is 56.6 Å². The molecule has 1 saturated heterocycles. The second-order valence-electron chi connectivity index (χ2n) is 11.3. The third kappa shape index (κ3) is 5.25. The first kappa shape index (κ1) is 24.9. The Bertz CT molecular complexity index is 1390. The Labute approximate surface area is 224 Å². The van der Waals surface area contributed by atoms with Crippen molar-refractivity contribution < 1.29 is 4.79 Å². The Kier molecular flexibility index (Phi) is 6.79. The van der Waals surface area contributed by atoms with Crippen molar-refractivity contribution in [1.82, 2.24) is 30.4 Å². The lowest BCUT2D eigenvalue weighted by Crippen LogP contribution is -2.51. The van der Waals surface area contributed by atoms with Gasteiger partial charge in [-0.2, -0.15) is 5.10 Å². The highest BCUT2D eigenvalue weighted by atomic mass is 16.2. The van der Waals surface area contributed by atoms with Crippen LogP contribution in [0, 0.1) is 17.3 Å². The smallest absolute Gasteiger partial charge is 0.291 e. The van der Waals surface area contributed by atoms with Crippen molar-refractivity contribution >= 4 is 28.4 Å². The van der Waals surface area contributed by atoms with Crippen LogP contribution in [0.3, 0.4) is 0 Å². The molecule has 1 amide bonds. The van der Waals surface area contributed by atoms with Crippen LogP contribution in [0.25, 0.3) is 10.9 Å². The molecule has 8 heteroatoms. The van der Waals surface area contributed by atoms with Gasteiger partial charge in [-0.1, -0.05) is 38.0 Å². The number of rotatable bonds is 5. The summed E-state index contributed by atoms with van der Waals surface area (Å²) < 4.78 is 0. The molecule has 2 saturated carbocycles. The van der Waals surface area contributed by atoms with E-state index >= 15 is 0 Å². The predicted molar refractivity (Wildman–Crippen MR) is 149 cm³/mol. The van der Waals surface area contributed by atoms with Gasteiger partial charge in [0.15, 0.2) is 5.82 Å². The van der Waals surface area contributed by atoms with Gasteiger partial charge >= 0.3 is 0 Å². The Balaban J connectivity index is 1.36. The monoisotopic (exact) mass is 511 g/mol. The van der Waals surface area contributed by atoms with Crippen LogP contribution in [-0.2, 0) is 0 Å². The molecule has 3 aromatic rings. The molecule has 3 aliphatic rings. The Morgan fingerprint density at radius 2 is 2.03 bits per heavy atom. The van der Waals surface area contributed by atoms with E-state index in [1.54, 1.807) is 0 Å². The number of piperazine rings is 1. The largest absolute Gasteiger partial charge is 0.333 e. The van der Waals surface area contributed by atoms with E-state index in [4.69, 9.17) is 9.97 Å². The average Bonchev–Trinajstić information content (AvgIpc) is 3.70. The van der Waals surface area contributed by atoms with Crippen molar-refractivity contribution in [3.05, 3.63) is 41.3 Å². The quantitative estimate of drug-likeness (QED) is 0.411. The van der Waals surface area contributed by atoms with Crippen molar-refractivity contribution in [1.29, 1.82) is 0 Å². The van der Waals surface area contributed by atoms with Crippen LogP contribution >= 0.6 is 0 Å². The van der Waals surface area contributed by atoms with Crippen LogP contribution in [0.5, 0.6) is 0 Å². The molecule has 2 aromatic heterocycles. The van der Waals surface area contributed by atoms with Crippen LogP contribution in [0.4, 0.5) is 11.6 Å². The number of fused-ring (bicyclic) bond motifs is 1. The molecule has 0 unspecified atom stereocenters. The number of benzene rings is 1. The Morgan fingerprint density at radius 1 is 1.18 bits per heavy atom. The van der Waals surface area contributed by atoms with E-state index in [2.05, 4.69) is 46.5 Å². The lowest BCUT2D eigenvalue weighted by atomic mass is 9.73. The second kappa shape index (κ2) is 10.4. The van der Waals surface area contributed by atoms with Gasteiger partial charge in [0.25, 0.3) is 5.91 Å². The summed E-state index contributed by atoms with van der Waals surface area (Å²) >= 11 is 0. The van der Waals surface area contributed by atoms with Gasteiger partial charge in [0.05, 0.1) is 5.52 Å². The van der Waals surface area contributed by atoms with Crippen molar-refractivity contribution in [3.8, 4) is 11.8 Å². The molecule has 0 bridgehead atoms. The van der Waals surface area contributed by atoms with E-state index in [0.717, 1.165) is 35.1 Å². The highest BCUT2D eigenvalue weighted by Gasteiger charge is 2.29. The van der Waals surface area contributed by atoms with Crippen molar-refractivity contribution in [2.45, 2.75) is 77.2 Å². The molecule has 3 N–H and O–H groups in total. The standard InChI is InChI=1S/C30H37N7O/c1-3-30(12-5-4-6-13-30)14-11-21-7-10-24-23(17-21)27(33-26-18-25(35-36-26)22-8-9-22)34-28(32-24)29(38)37-16-15-31-20(2)19-37/h7,10,17-18,20,22,31H,3-6,8-9,12-13,15-16,19H2,1-2H3,(H2,32,33,34,35,36)/t20-/m1/s1. The highest BCUT2D eigenvalue weighted by Crippen LogP contribution is 2.40. The van der Waals surface area contributed by atoms with Gasteiger partial charge in [0.2, 0.25) is 5.82 Å². The summed E-state index contributed by atoms with van der Waals surface area (Å²) in [4.78, 5) is 24.7. The third-order valence-electron chi connectivity index (χ3n) is 8.36. The molecule has 3 fully saturated rings. The molecular weight excluding hydrogens is 474 g/mol. The molecule has 1 aliphatic heterocycles. The fourth-order valence-corrected chi connectivity index (χ4v) is 5.78. The number of hydrogen-bond donors (Lipinski definition) is 3. The summed E-state index contributed by atoms with van der Waals surface area (Å²) in [6.45, 7) is 6.39. The maximum absolute atomic E-state index is 13.4. The maximum Gasteiger partial charge on any atom is 0.291 e. The van der Waals surface area contributed by atoms with Gasteiger partial charge in [0.1, 0.15) is 5.82 Å². The number of aromatic amines is 1. The van der Waals surface area contributed by atoms with E-state index in [1.807, 2.05) is 29.2 Å². The molecule has 198 valence electrons. The number of nitrogens with one attached hydrogen (secondary N) is 3. The van der Waals surface area contributed by atoms with Gasteiger partial charge < -0.3 is 15.5 Å². The summed E-state index contributed by atoms with van der Waals surface area (Å²) in [6, 6.07) is 8.31. The molecule has 1 aromatic carbocycles. The molecular formula is C30H37N7O. The fraction of sp³-hybridized carbons (Fsp3) is 0.533. The van der Waals surface area contributed by atoms with Crippen LogP contribution < -0.4 is 10.6 Å². The first-order valence-corrected chi connectivity index (χ1v) is 14.2. The van der Waals surface area contributed by atoms with E-state index in [1.165, 1.54) is 44.9 Å². The zero-order valence-electron chi connectivity index (χ0n) is 22.4. The number of H-pyrrole nitrogens is 1. The summed E-state index contributed by atoms with van der Waals surface area (Å²) in [5, 5.41) is 15.2. The Morgan fingerprint density at radius 3 is 2.79 bits per heavy atom. The highest BCUT2D eigenvalue weighted by molar-refractivity contribution is 5.97. The molecule has 2 aliphatic carbocycles. The number of hydrogen-bond acceptors (Lipinski definition) is 6. The summed E-state index contributed by atoms with van der Waals surface area (Å²) in [7, 11) is 0. The average molecular weight is 512 g/mol. The predicted octanol–water partition coefficient (Wildman–Crippen LogP) is 5.12. The number of nitrogens with zero attached hydrogens (tertiary/aromatic N) is 4. The van der Waals surface area contributed by atoms with E-state index in [9.17, 15) is 4.79 Å². The topological polar surface area (TPSA) is 98.8 Å². The number of aromatic nitrogens is 4. The third-order valence-corrected chi connectivity index (χ3v) is 8.36. The normalized spacial score (nSPS) is 21.1. The van der Waals surface area contributed by atoms with Crippen molar-refractivity contribution in [3.63, 3.8) is 0 Å². The lowest BCUT2D eigenvalue weighted by molar-refractivity contribution is 0.0697. The molecule has 3 heterocycles. The lowest BCUT2D eigenvalue weighted by Gasteiger charge is -2.31. The number of carbonyl (C=O) groups is 1. The van der Waals surface area contributed by atoms with Crippen LogP contribution in [0.15, 0.2) is 24.3 Å². The number of amides is 1. The fourth-order valence-electron chi connectivity index (χ4n) is 5.78. The second-order valence-corrected chi connectivity index (χ2v) is 11.3. The summed E-state index contributed by atoms with van der Waals surface area (Å²) in [5.74, 6) is 9.03. The van der Waals surface area contributed by atoms with Gasteiger partial charge in [-0.25, -0.2) is 9.97 Å². The van der Waals surface area contributed by atoms with Crippen molar-refractivity contribution in [2.24, 2.45) is 5.41 Å². The molecule has 6 rings (SSSR count). The zero-order valence-corrected chi connectivity index (χ0v) is 22.4. The number of carbonyl (C=O) groups excluding carboxylic acids is 1. The molecule has 1 atom stereocenters.